The maximum Gasteiger partial charge on any atom is 0.323 e. The molecule has 0 saturated carbocycles. The number of benzene rings is 2. The smallest absolute Gasteiger partial charge is 0.323 e. The lowest BCUT2D eigenvalue weighted by atomic mass is 10.1. The van der Waals surface area contributed by atoms with Crippen LogP contribution in [0.1, 0.15) is 27.9 Å². The van der Waals surface area contributed by atoms with E-state index in [1.54, 1.807) is 38.6 Å². The minimum absolute atomic E-state index is 0.0660. The normalized spacial score (nSPS) is 13.5. The summed E-state index contributed by atoms with van der Waals surface area (Å²) in [7, 11) is 3.13. The zero-order chi connectivity index (χ0) is 26.4. The van der Waals surface area contributed by atoms with E-state index in [1.165, 1.54) is 0 Å². The molecule has 1 aromatic heterocycles. The van der Waals surface area contributed by atoms with Crippen molar-refractivity contribution < 1.29 is 19.1 Å². The zero-order valence-electron chi connectivity index (χ0n) is 21.7. The second-order valence-corrected chi connectivity index (χ2v) is 8.93. The topological polar surface area (TPSA) is 96.0 Å². The van der Waals surface area contributed by atoms with Crippen molar-refractivity contribution in [1.29, 1.82) is 0 Å². The lowest BCUT2D eigenvalue weighted by Crippen LogP contribution is -2.35. The molecule has 3 aromatic rings. The number of anilines is 3. The highest BCUT2D eigenvalue weighted by atomic mass is 16.5. The van der Waals surface area contributed by atoms with Crippen molar-refractivity contribution >= 4 is 29.1 Å². The first kappa shape index (κ1) is 25.8. The standard InChI is InChI=1S/C28H33N5O4/c1-19-7-5-8-24(20(19)2)31-28(35)30-21-9-12-26(29-18-21)32-13-6-14-33(16-15-32)27(34)23-11-10-22(36-3)17-25(23)37-4/h5,7-12,17-18H,6,13-16H2,1-4H3,(H2,30,31,35). The summed E-state index contributed by atoms with van der Waals surface area (Å²) in [6.45, 7) is 6.61. The summed E-state index contributed by atoms with van der Waals surface area (Å²) in [6, 6.07) is 14.4. The van der Waals surface area contributed by atoms with E-state index in [-0.39, 0.29) is 11.9 Å². The van der Waals surface area contributed by atoms with Crippen LogP contribution in [-0.2, 0) is 0 Å². The van der Waals surface area contributed by atoms with Gasteiger partial charge in [0.05, 0.1) is 31.7 Å². The number of methoxy groups -OCH3 is 2. The van der Waals surface area contributed by atoms with Gasteiger partial charge in [-0.2, -0.15) is 0 Å². The largest absolute Gasteiger partial charge is 0.497 e. The fourth-order valence-electron chi connectivity index (χ4n) is 4.31. The Morgan fingerprint density at radius 3 is 2.49 bits per heavy atom. The van der Waals surface area contributed by atoms with Gasteiger partial charge in [-0.1, -0.05) is 12.1 Å². The second kappa shape index (κ2) is 11.6. The number of rotatable bonds is 6. The highest BCUT2D eigenvalue weighted by Crippen LogP contribution is 2.26. The lowest BCUT2D eigenvalue weighted by Gasteiger charge is -2.23. The summed E-state index contributed by atoms with van der Waals surface area (Å²) >= 11 is 0. The first-order chi connectivity index (χ1) is 17.9. The quantitative estimate of drug-likeness (QED) is 0.506. The Morgan fingerprint density at radius 1 is 0.919 bits per heavy atom. The number of carbonyl (C=O) groups is 2. The number of carbonyl (C=O) groups excluding carboxylic acids is 2. The molecule has 9 nitrogen and oxygen atoms in total. The highest BCUT2D eigenvalue weighted by Gasteiger charge is 2.23. The predicted octanol–water partition coefficient (Wildman–Crippen LogP) is 4.71. The molecule has 9 heteroatoms. The van der Waals surface area contributed by atoms with Gasteiger partial charge in [0.25, 0.3) is 5.91 Å². The number of nitrogens with one attached hydrogen (secondary N) is 2. The average molecular weight is 504 g/mol. The van der Waals surface area contributed by atoms with Crippen LogP contribution >= 0.6 is 0 Å². The number of amides is 3. The van der Waals surface area contributed by atoms with E-state index in [4.69, 9.17) is 9.47 Å². The molecule has 1 aliphatic heterocycles. The zero-order valence-corrected chi connectivity index (χ0v) is 21.7. The molecule has 0 unspecified atom stereocenters. The minimum atomic E-state index is -0.318. The Labute approximate surface area is 217 Å². The summed E-state index contributed by atoms with van der Waals surface area (Å²) in [5.41, 5.74) is 4.04. The van der Waals surface area contributed by atoms with Gasteiger partial charge in [0.15, 0.2) is 0 Å². The van der Waals surface area contributed by atoms with Gasteiger partial charge in [-0.05, 0) is 61.7 Å². The Bertz CT molecular complexity index is 1260. The van der Waals surface area contributed by atoms with E-state index in [2.05, 4.69) is 20.5 Å². The van der Waals surface area contributed by atoms with E-state index in [0.717, 1.165) is 35.6 Å². The number of pyridine rings is 1. The van der Waals surface area contributed by atoms with Gasteiger partial charge in [0.2, 0.25) is 0 Å². The van der Waals surface area contributed by atoms with E-state index in [9.17, 15) is 9.59 Å². The molecule has 1 aliphatic rings. The molecule has 2 heterocycles. The van der Waals surface area contributed by atoms with Gasteiger partial charge in [0, 0.05) is 37.9 Å². The van der Waals surface area contributed by atoms with Gasteiger partial charge in [0.1, 0.15) is 17.3 Å². The van der Waals surface area contributed by atoms with Gasteiger partial charge in [-0.3, -0.25) is 4.79 Å². The third-order valence-electron chi connectivity index (χ3n) is 6.60. The second-order valence-electron chi connectivity index (χ2n) is 8.93. The third-order valence-corrected chi connectivity index (χ3v) is 6.60. The van der Waals surface area contributed by atoms with Crippen LogP contribution in [-0.4, -0.2) is 62.2 Å². The number of hydrogen-bond donors (Lipinski definition) is 2. The van der Waals surface area contributed by atoms with Crippen molar-refractivity contribution in [3.05, 3.63) is 71.4 Å². The van der Waals surface area contributed by atoms with Crippen LogP contribution in [0, 0.1) is 13.8 Å². The van der Waals surface area contributed by atoms with Crippen LogP contribution in [0.2, 0.25) is 0 Å². The molecule has 2 aromatic carbocycles. The van der Waals surface area contributed by atoms with E-state index < -0.39 is 0 Å². The summed E-state index contributed by atoms with van der Waals surface area (Å²) in [6.07, 6.45) is 2.46. The third kappa shape index (κ3) is 6.11. The molecule has 2 N–H and O–H groups in total. The fourth-order valence-corrected chi connectivity index (χ4v) is 4.31. The molecule has 1 saturated heterocycles. The molecular formula is C28H33N5O4. The van der Waals surface area contributed by atoms with Crippen LogP contribution < -0.4 is 25.0 Å². The summed E-state index contributed by atoms with van der Waals surface area (Å²) in [5.74, 6) is 1.87. The molecule has 0 spiro atoms. The van der Waals surface area contributed by atoms with Crippen LogP contribution in [0.3, 0.4) is 0 Å². The minimum Gasteiger partial charge on any atom is -0.497 e. The van der Waals surface area contributed by atoms with Crippen molar-refractivity contribution in [2.45, 2.75) is 20.3 Å². The highest BCUT2D eigenvalue weighted by molar-refractivity contribution is 6.00. The number of nitrogens with zero attached hydrogens (tertiary/aromatic N) is 3. The molecule has 37 heavy (non-hydrogen) atoms. The average Bonchev–Trinajstić information content (AvgIpc) is 3.17. The van der Waals surface area contributed by atoms with Gasteiger partial charge in [-0.25, -0.2) is 9.78 Å². The molecule has 0 atom stereocenters. The van der Waals surface area contributed by atoms with Crippen molar-refractivity contribution in [3.8, 4) is 11.5 Å². The number of aromatic nitrogens is 1. The Morgan fingerprint density at radius 2 is 1.76 bits per heavy atom. The van der Waals surface area contributed by atoms with E-state index >= 15 is 0 Å². The summed E-state index contributed by atoms with van der Waals surface area (Å²) in [4.78, 5) is 34.2. The Kier molecular flexibility index (Phi) is 8.12. The molecule has 0 bridgehead atoms. The van der Waals surface area contributed by atoms with Gasteiger partial charge >= 0.3 is 6.03 Å². The van der Waals surface area contributed by atoms with Crippen molar-refractivity contribution in [1.82, 2.24) is 9.88 Å². The van der Waals surface area contributed by atoms with Gasteiger partial charge < -0.3 is 29.9 Å². The first-order valence-corrected chi connectivity index (χ1v) is 12.3. The van der Waals surface area contributed by atoms with Crippen molar-refractivity contribution in [2.75, 3.05) is 55.9 Å². The van der Waals surface area contributed by atoms with Crippen LogP contribution in [0.4, 0.5) is 22.0 Å². The maximum absolute atomic E-state index is 13.2. The Hall–Kier alpha value is -4.27. The molecule has 3 amide bonds. The molecule has 4 rings (SSSR count). The fraction of sp³-hybridized carbons (Fsp3) is 0.321. The lowest BCUT2D eigenvalue weighted by molar-refractivity contribution is 0.0763. The first-order valence-electron chi connectivity index (χ1n) is 12.3. The van der Waals surface area contributed by atoms with E-state index in [1.807, 2.05) is 49.1 Å². The monoisotopic (exact) mass is 503 g/mol. The molecule has 0 radical (unpaired) electrons. The van der Waals surface area contributed by atoms with E-state index in [0.29, 0.717) is 42.4 Å². The molecule has 1 fully saturated rings. The predicted molar refractivity (Wildman–Crippen MR) is 145 cm³/mol. The van der Waals surface area contributed by atoms with Crippen molar-refractivity contribution in [2.24, 2.45) is 0 Å². The number of hydrogen-bond acceptors (Lipinski definition) is 6. The Balaban J connectivity index is 1.35. The number of urea groups is 1. The van der Waals surface area contributed by atoms with Crippen LogP contribution in [0.5, 0.6) is 11.5 Å². The number of aryl methyl sites for hydroxylation is 1. The van der Waals surface area contributed by atoms with Crippen LogP contribution in [0.15, 0.2) is 54.7 Å². The van der Waals surface area contributed by atoms with Crippen molar-refractivity contribution in [3.63, 3.8) is 0 Å². The van der Waals surface area contributed by atoms with Crippen LogP contribution in [0.25, 0.3) is 0 Å². The maximum atomic E-state index is 13.2. The van der Waals surface area contributed by atoms with Gasteiger partial charge in [-0.15, -0.1) is 0 Å². The number of ether oxygens (including phenoxy) is 2. The molecule has 0 aliphatic carbocycles. The SMILES string of the molecule is COc1ccc(C(=O)N2CCCN(c3ccc(NC(=O)Nc4cccc(C)c4C)cn3)CC2)c(OC)c1. The molecular weight excluding hydrogens is 470 g/mol. The molecule has 194 valence electrons. The summed E-state index contributed by atoms with van der Waals surface area (Å²) in [5, 5.41) is 5.72. The summed E-state index contributed by atoms with van der Waals surface area (Å²) < 4.78 is 10.7.